The van der Waals surface area contributed by atoms with Gasteiger partial charge in [-0.05, 0) is 25.0 Å². The van der Waals surface area contributed by atoms with Crippen LogP contribution in [0.3, 0.4) is 0 Å². The van der Waals surface area contributed by atoms with Crippen LogP contribution >= 0.6 is 11.6 Å². The van der Waals surface area contributed by atoms with Crippen LogP contribution in [-0.2, 0) is 16.4 Å². The standard InChI is InChI=1S/C11H15ClN2O2S/c12-9-7-11(8-9)14-17(15,16)6-4-10-3-1-2-5-13-10/h1-3,5,9,11,14H,4,6-8H2. The minimum Gasteiger partial charge on any atom is -0.261 e. The number of halogens is 1. The molecule has 1 aliphatic carbocycles. The highest BCUT2D eigenvalue weighted by Crippen LogP contribution is 2.25. The summed E-state index contributed by atoms with van der Waals surface area (Å²) in [7, 11) is -3.21. The van der Waals surface area contributed by atoms with Crippen molar-refractivity contribution in [1.82, 2.24) is 9.71 Å². The first-order chi connectivity index (χ1) is 8.05. The van der Waals surface area contributed by atoms with Gasteiger partial charge in [-0.2, -0.15) is 0 Å². The molecule has 0 atom stereocenters. The molecule has 0 spiro atoms. The van der Waals surface area contributed by atoms with Gasteiger partial charge in [0, 0.05) is 29.7 Å². The van der Waals surface area contributed by atoms with Gasteiger partial charge in [0.25, 0.3) is 0 Å². The second-order valence-corrected chi connectivity index (χ2v) is 6.76. The molecule has 1 saturated carbocycles. The third-order valence-electron chi connectivity index (χ3n) is 2.78. The Balaban J connectivity index is 1.81. The maximum absolute atomic E-state index is 11.7. The van der Waals surface area contributed by atoms with Crippen molar-refractivity contribution in [2.24, 2.45) is 0 Å². The Hall–Kier alpha value is -0.650. The van der Waals surface area contributed by atoms with E-state index in [4.69, 9.17) is 11.6 Å². The van der Waals surface area contributed by atoms with E-state index in [9.17, 15) is 8.42 Å². The van der Waals surface area contributed by atoms with Gasteiger partial charge in [-0.1, -0.05) is 6.07 Å². The van der Waals surface area contributed by atoms with Gasteiger partial charge in [0.05, 0.1) is 5.75 Å². The first-order valence-electron chi connectivity index (χ1n) is 5.59. The molecule has 1 aliphatic rings. The third-order valence-corrected chi connectivity index (χ3v) is 4.57. The van der Waals surface area contributed by atoms with E-state index in [-0.39, 0.29) is 17.2 Å². The van der Waals surface area contributed by atoms with Gasteiger partial charge in [0.2, 0.25) is 10.0 Å². The van der Waals surface area contributed by atoms with E-state index >= 15 is 0 Å². The highest BCUT2D eigenvalue weighted by Gasteiger charge is 2.30. The van der Waals surface area contributed by atoms with Crippen molar-refractivity contribution in [2.75, 3.05) is 5.75 Å². The number of pyridine rings is 1. The summed E-state index contributed by atoms with van der Waals surface area (Å²) in [5, 5.41) is 0.124. The first-order valence-corrected chi connectivity index (χ1v) is 7.68. The van der Waals surface area contributed by atoms with Gasteiger partial charge in [0.15, 0.2) is 0 Å². The molecule has 0 radical (unpaired) electrons. The highest BCUT2D eigenvalue weighted by atomic mass is 35.5. The Labute approximate surface area is 106 Å². The molecule has 6 heteroatoms. The molecule has 17 heavy (non-hydrogen) atoms. The van der Waals surface area contributed by atoms with Crippen LogP contribution in [0.25, 0.3) is 0 Å². The lowest BCUT2D eigenvalue weighted by Gasteiger charge is -2.31. The summed E-state index contributed by atoms with van der Waals surface area (Å²) in [4.78, 5) is 4.09. The quantitative estimate of drug-likeness (QED) is 0.824. The first kappa shape index (κ1) is 12.8. The number of nitrogens with zero attached hydrogens (tertiary/aromatic N) is 1. The van der Waals surface area contributed by atoms with Crippen molar-refractivity contribution in [3.05, 3.63) is 30.1 Å². The third kappa shape index (κ3) is 3.94. The average Bonchev–Trinajstić information content (AvgIpc) is 2.26. The predicted octanol–water partition coefficient (Wildman–Crippen LogP) is 1.31. The topological polar surface area (TPSA) is 59.1 Å². The lowest BCUT2D eigenvalue weighted by atomic mass is 9.94. The van der Waals surface area contributed by atoms with Crippen LogP contribution in [0.5, 0.6) is 0 Å². The van der Waals surface area contributed by atoms with Gasteiger partial charge in [-0.3, -0.25) is 4.98 Å². The molecular weight excluding hydrogens is 260 g/mol. The Morgan fingerprint density at radius 3 is 2.76 bits per heavy atom. The molecule has 94 valence electrons. The zero-order valence-electron chi connectivity index (χ0n) is 9.34. The Kier molecular flexibility index (Phi) is 4.01. The molecule has 1 aromatic rings. The lowest BCUT2D eigenvalue weighted by Crippen LogP contribution is -2.45. The molecule has 1 fully saturated rings. The summed E-state index contributed by atoms with van der Waals surface area (Å²) >= 11 is 5.80. The van der Waals surface area contributed by atoms with E-state index < -0.39 is 10.0 Å². The van der Waals surface area contributed by atoms with Crippen LogP contribution in [0.2, 0.25) is 0 Å². The summed E-state index contributed by atoms with van der Waals surface area (Å²) in [5.41, 5.74) is 0.793. The van der Waals surface area contributed by atoms with Crippen molar-refractivity contribution in [2.45, 2.75) is 30.7 Å². The number of aryl methyl sites for hydroxylation is 1. The lowest BCUT2D eigenvalue weighted by molar-refractivity contribution is 0.391. The molecule has 0 unspecified atom stereocenters. The maximum atomic E-state index is 11.7. The fourth-order valence-corrected chi connectivity index (χ4v) is 3.47. The smallest absolute Gasteiger partial charge is 0.212 e. The number of alkyl halides is 1. The van der Waals surface area contributed by atoms with Gasteiger partial charge in [-0.15, -0.1) is 11.6 Å². The Morgan fingerprint density at radius 2 is 2.18 bits per heavy atom. The van der Waals surface area contributed by atoms with E-state index in [2.05, 4.69) is 9.71 Å². The van der Waals surface area contributed by atoms with Crippen LogP contribution in [0.4, 0.5) is 0 Å². The van der Waals surface area contributed by atoms with Crippen molar-refractivity contribution in [3.63, 3.8) is 0 Å². The molecule has 2 rings (SSSR count). The largest absolute Gasteiger partial charge is 0.261 e. The number of nitrogens with one attached hydrogen (secondary N) is 1. The number of sulfonamides is 1. The minimum absolute atomic E-state index is 0.0197. The monoisotopic (exact) mass is 274 g/mol. The van der Waals surface area contributed by atoms with Crippen molar-refractivity contribution < 1.29 is 8.42 Å². The second-order valence-electron chi connectivity index (χ2n) is 4.27. The van der Waals surface area contributed by atoms with Crippen molar-refractivity contribution in [3.8, 4) is 0 Å². The molecular formula is C11H15ClN2O2S. The van der Waals surface area contributed by atoms with Gasteiger partial charge < -0.3 is 0 Å². The molecule has 4 nitrogen and oxygen atoms in total. The fraction of sp³-hybridized carbons (Fsp3) is 0.545. The van der Waals surface area contributed by atoms with Gasteiger partial charge in [-0.25, -0.2) is 13.1 Å². The molecule has 0 saturated heterocycles. The Morgan fingerprint density at radius 1 is 1.41 bits per heavy atom. The zero-order valence-corrected chi connectivity index (χ0v) is 10.9. The van der Waals surface area contributed by atoms with Crippen LogP contribution in [0, 0.1) is 0 Å². The molecule has 1 heterocycles. The maximum Gasteiger partial charge on any atom is 0.212 e. The van der Waals surface area contributed by atoms with Crippen molar-refractivity contribution in [1.29, 1.82) is 0 Å². The Bertz CT molecular complexity index is 458. The van der Waals surface area contributed by atoms with Crippen LogP contribution in [-0.4, -0.2) is 30.6 Å². The fourth-order valence-electron chi connectivity index (χ4n) is 1.74. The van der Waals surface area contributed by atoms with Gasteiger partial charge in [0.1, 0.15) is 0 Å². The predicted molar refractivity (Wildman–Crippen MR) is 67.5 cm³/mol. The number of hydrogen-bond donors (Lipinski definition) is 1. The molecule has 1 aromatic heterocycles. The SMILES string of the molecule is O=S(=O)(CCc1ccccn1)NC1CC(Cl)C1. The molecule has 0 aromatic carbocycles. The van der Waals surface area contributed by atoms with Gasteiger partial charge >= 0.3 is 0 Å². The average molecular weight is 275 g/mol. The highest BCUT2D eigenvalue weighted by molar-refractivity contribution is 7.89. The second kappa shape index (κ2) is 5.33. The van der Waals surface area contributed by atoms with E-state index in [0.717, 1.165) is 18.5 Å². The molecule has 0 aliphatic heterocycles. The number of rotatable bonds is 5. The summed E-state index contributed by atoms with van der Waals surface area (Å²) in [6.07, 6.45) is 3.56. The summed E-state index contributed by atoms with van der Waals surface area (Å²) < 4.78 is 26.1. The normalized spacial score (nSPS) is 24.3. The van der Waals surface area contributed by atoms with E-state index in [1.165, 1.54) is 0 Å². The summed E-state index contributed by atoms with van der Waals surface area (Å²) in [6, 6.07) is 5.51. The number of hydrogen-bond acceptors (Lipinski definition) is 3. The van der Waals surface area contributed by atoms with Crippen LogP contribution < -0.4 is 4.72 Å². The summed E-state index contributed by atoms with van der Waals surface area (Å²) in [5.74, 6) is 0.0769. The van der Waals surface area contributed by atoms with E-state index in [1.807, 2.05) is 18.2 Å². The van der Waals surface area contributed by atoms with E-state index in [0.29, 0.717) is 6.42 Å². The zero-order chi connectivity index (χ0) is 12.3. The molecule has 1 N–H and O–H groups in total. The molecule has 0 amide bonds. The van der Waals surface area contributed by atoms with Crippen molar-refractivity contribution >= 4 is 21.6 Å². The number of aromatic nitrogens is 1. The van der Waals surface area contributed by atoms with Crippen LogP contribution in [0.15, 0.2) is 24.4 Å². The van der Waals surface area contributed by atoms with Crippen LogP contribution in [0.1, 0.15) is 18.5 Å². The molecule has 0 bridgehead atoms. The minimum atomic E-state index is -3.21. The van der Waals surface area contributed by atoms with E-state index in [1.54, 1.807) is 6.20 Å². The summed E-state index contributed by atoms with van der Waals surface area (Å²) in [6.45, 7) is 0.